The van der Waals surface area contributed by atoms with Crippen molar-refractivity contribution >= 4 is 11.5 Å². The zero-order valence-electron chi connectivity index (χ0n) is 12.2. The summed E-state index contributed by atoms with van der Waals surface area (Å²) in [6.45, 7) is 4.51. The topological polar surface area (TPSA) is 62.5 Å². The fourth-order valence-corrected chi connectivity index (χ4v) is 2.50. The number of nitrogens with zero attached hydrogens (tertiary/aromatic N) is 3. The number of aryl methyl sites for hydroxylation is 2. The Morgan fingerprint density at radius 2 is 1.95 bits per heavy atom. The molecule has 1 aromatic carbocycles. The highest BCUT2D eigenvalue weighted by molar-refractivity contribution is 5.80. The van der Waals surface area contributed by atoms with Crippen molar-refractivity contribution in [2.45, 2.75) is 13.8 Å². The Morgan fingerprint density at radius 1 is 1.19 bits per heavy atom. The van der Waals surface area contributed by atoms with Crippen LogP contribution in [0.25, 0.3) is 16.8 Å². The van der Waals surface area contributed by atoms with E-state index in [0.29, 0.717) is 6.54 Å². The van der Waals surface area contributed by atoms with Crippen molar-refractivity contribution in [1.29, 1.82) is 0 Å². The highest BCUT2D eigenvalue weighted by atomic mass is 16.3. The van der Waals surface area contributed by atoms with Crippen molar-refractivity contribution in [3.8, 4) is 11.1 Å². The molecule has 0 atom stereocenters. The van der Waals surface area contributed by atoms with Gasteiger partial charge in [-0.25, -0.2) is 4.98 Å². The van der Waals surface area contributed by atoms with E-state index in [1.165, 1.54) is 0 Å². The molecular weight excluding hydrogens is 264 g/mol. The first kappa shape index (κ1) is 13.6. The van der Waals surface area contributed by atoms with Gasteiger partial charge in [-0.3, -0.25) is 0 Å². The van der Waals surface area contributed by atoms with Crippen molar-refractivity contribution in [2.24, 2.45) is 0 Å². The Kier molecular flexibility index (Phi) is 3.58. The zero-order valence-corrected chi connectivity index (χ0v) is 12.2. The third-order valence-electron chi connectivity index (χ3n) is 3.37. The van der Waals surface area contributed by atoms with Gasteiger partial charge in [0.2, 0.25) is 0 Å². The van der Waals surface area contributed by atoms with Crippen LogP contribution in [0.15, 0.2) is 36.4 Å². The molecule has 108 valence electrons. The molecule has 0 unspecified atom stereocenters. The van der Waals surface area contributed by atoms with E-state index < -0.39 is 0 Å². The second-order valence-electron chi connectivity index (χ2n) is 4.99. The molecule has 5 nitrogen and oxygen atoms in total. The minimum Gasteiger partial charge on any atom is -0.395 e. The minimum atomic E-state index is 0.0780. The summed E-state index contributed by atoms with van der Waals surface area (Å²) in [5, 5.41) is 16.8. The Morgan fingerprint density at radius 3 is 2.67 bits per heavy atom. The molecule has 0 fully saturated rings. The fraction of sp³-hybridized carbons (Fsp3) is 0.250. The van der Waals surface area contributed by atoms with Gasteiger partial charge in [0, 0.05) is 23.9 Å². The van der Waals surface area contributed by atoms with E-state index in [-0.39, 0.29) is 6.61 Å². The largest absolute Gasteiger partial charge is 0.395 e. The summed E-state index contributed by atoms with van der Waals surface area (Å²) in [5.41, 5.74) is 4.84. The monoisotopic (exact) mass is 282 g/mol. The van der Waals surface area contributed by atoms with E-state index in [9.17, 15) is 0 Å². The molecule has 0 aliphatic rings. The van der Waals surface area contributed by atoms with Gasteiger partial charge >= 0.3 is 0 Å². The lowest BCUT2D eigenvalue weighted by molar-refractivity contribution is 0.311. The number of hydrogen-bond acceptors (Lipinski definition) is 4. The van der Waals surface area contributed by atoms with E-state index in [2.05, 4.69) is 27.5 Å². The van der Waals surface area contributed by atoms with E-state index in [1.807, 2.05) is 38.1 Å². The van der Waals surface area contributed by atoms with Crippen LogP contribution in [-0.4, -0.2) is 32.9 Å². The first-order valence-electron chi connectivity index (χ1n) is 6.98. The number of anilines is 1. The molecule has 2 aromatic heterocycles. The minimum absolute atomic E-state index is 0.0780. The first-order chi connectivity index (χ1) is 10.2. The van der Waals surface area contributed by atoms with Crippen molar-refractivity contribution in [3.63, 3.8) is 0 Å². The lowest BCUT2D eigenvalue weighted by Gasteiger charge is -2.08. The summed E-state index contributed by atoms with van der Waals surface area (Å²) in [7, 11) is 0. The fourth-order valence-electron chi connectivity index (χ4n) is 2.50. The molecule has 0 amide bonds. The van der Waals surface area contributed by atoms with Crippen molar-refractivity contribution < 1.29 is 5.11 Å². The Hall–Kier alpha value is -2.40. The maximum Gasteiger partial charge on any atom is 0.165 e. The molecule has 2 N–H and O–H groups in total. The Labute approximate surface area is 123 Å². The maximum atomic E-state index is 9.00. The van der Waals surface area contributed by atoms with Crippen LogP contribution >= 0.6 is 0 Å². The van der Waals surface area contributed by atoms with Crippen LogP contribution in [0.2, 0.25) is 0 Å². The van der Waals surface area contributed by atoms with E-state index in [1.54, 1.807) is 4.52 Å². The lowest BCUT2D eigenvalue weighted by Crippen LogP contribution is -2.10. The second kappa shape index (κ2) is 5.54. The van der Waals surface area contributed by atoms with Crippen molar-refractivity contribution in [1.82, 2.24) is 14.6 Å². The highest BCUT2D eigenvalue weighted by Crippen LogP contribution is 2.28. The van der Waals surface area contributed by atoms with Crippen LogP contribution in [0, 0.1) is 13.8 Å². The standard InChI is InChI=1S/C16H18N4O/c1-11-10-14(17-8-9-21)20-16(18-11)15(12(2)19-20)13-6-4-3-5-7-13/h3-7,10,17,21H,8-9H2,1-2H3. The average Bonchev–Trinajstić information content (AvgIpc) is 2.81. The van der Waals surface area contributed by atoms with Crippen LogP contribution in [0.1, 0.15) is 11.4 Å². The predicted molar refractivity (Wildman–Crippen MR) is 83.5 cm³/mol. The summed E-state index contributed by atoms with van der Waals surface area (Å²) < 4.78 is 1.81. The molecule has 0 bridgehead atoms. The van der Waals surface area contributed by atoms with Crippen LogP contribution in [0.5, 0.6) is 0 Å². The predicted octanol–water partition coefficient (Wildman–Crippen LogP) is 2.42. The molecule has 21 heavy (non-hydrogen) atoms. The Bertz CT molecular complexity index is 765. The molecule has 5 heteroatoms. The number of benzene rings is 1. The summed E-state index contributed by atoms with van der Waals surface area (Å²) in [6, 6.07) is 12.1. The first-order valence-corrected chi connectivity index (χ1v) is 6.98. The molecule has 3 aromatic rings. The number of aromatic nitrogens is 3. The van der Waals surface area contributed by atoms with Crippen LogP contribution in [0.4, 0.5) is 5.82 Å². The molecule has 0 saturated heterocycles. The summed E-state index contributed by atoms with van der Waals surface area (Å²) in [6.07, 6.45) is 0. The van der Waals surface area contributed by atoms with Gasteiger partial charge in [0.15, 0.2) is 5.65 Å². The number of aliphatic hydroxyl groups is 1. The summed E-state index contributed by atoms with van der Waals surface area (Å²) in [5.74, 6) is 0.844. The molecule has 3 rings (SSSR count). The van der Waals surface area contributed by atoms with Gasteiger partial charge in [-0.15, -0.1) is 0 Å². The SMILES string of the molecule is Cc1cc(NCCO)n2nc(C)c(-c3ccccc3)c2n1. The summed E-state index contributed by atoms with van der Waals surface area (Å²) >= 11 is 0. The van der Waals surface area contributed by atoms with Gasteiger partial charge in [-0.2, -0.15) is 9.61 Å². The Balaban J connectivity index is 2.23. The van der Waals surface area contributed by atoms with Crippen LogP contribution < -0.4 is 5.32 Å². The number of nitrogens with one attached hydrogen (secondary N) is 1. The maximum absolute atomic E-state index is 9.00. The zero-order chi connectivity index (χ0) is 14.8. The molecule has 2 heterocycles. The normalized spacial score (nSPS) is 11.0. The van der Waals surface area contributed by atoms with E-state index >= 15 is 0 Å². The molecule has 0 aliphatic heterocycles. The van der Waals surface area contributed by atoms with Gasteiger partial charge in [0.25, 0.3) is 0 Å². The van der Waals surface area contributed by atoms with Crippen LogP contribution in [0.3, 0.4) is 0 Å². The van der Waals surface area contributed by atoms with E-state index in [4.69, 9.17) is 5.11 Å². The van der Waals surface area contributed by atoms with Crippen LogP contribution in [-0.2, 0) is 0 Å². The van der Waals surface area contributed by atoms with Gasteiger partial charge in [-0.1, -0.05) is 30.3 Å². The number of aliphatic hydroxyl groups excluding tert-OH is 1. The third-order valence-corrected chi connectivity index (χ3v) is 3.37. The number of fused-ring (bicyclic) bond motifs is 1. The molecular formula is C16H18N4O. The highest BCUT2D eigenvalue weighted by Gasteiger charge is 2.15. The van der Waals surface area contributed by atoms with Crippen molar-refractivity contribution in [3.05, 3.63) is 47.8 Å². The third kappa shape index (κ3) is 2.48. The van der Waals surface area contributed by atoms with Gasteiger partial charge in [0.05, 0.1) is 12.3 Å². The second-order valence-corrected chi connectivity index (χ2v) is 4.99. The molecule has 0 saturated carbocycles. The van der Waals surface area contributed by atoms with Gasteiger partial charge < -0.3 is 10.4 Å². The quantitative estimate of drug-likeness (QED) is 0.771. The van der Waals surface area contributed by atoms with Crippen molar-refractivity contribution in [2.75, 3.05) is 18.5 Å². The average molecular weight is 282 g/mol. The van der Waals surface area contributed by atoms with Gasteiger partial charge in [0.1, 0.15) is 5.82 Å². The lowest BCUT2D eigenvalue weighted by atomic mass is 10.1. The summed E-state index contributed by atoms with van der Waals surface area (Å²) in [4.78, 5) is 4.64. The number of hydrogen-bond donors (Lipinski definition) is 2. The van der Waals surface area contributed by atoms with Gasteiger partial charge in [-0.05, 0) is 19.4 Å². The smallest absolute Gasteiger partial charge is 0.165 e. The number of rotatable bonds is 4. The molecule has 0 aliphatic carbocycles. The molecule has 0 spiro atoms. The van der Waals surface area contributed by atoms with E-state index in [0.717, 1.165) is 34.0 Å². The molecule has 0 radical (unpaired) electrons.